The number of benzene rings is 1. The third kappa shape index (κ3) is 4.25. The first-order valence-corrected chi connectivity index (χ1v) is 9.42. The summed E-state index contributed by atoms with van der Waals surface area (Å²) in [4.78, 5) is 49.7. The van der Waals surface area contributed by atoms with Crippen LogP contribution in [0.3, 0.4) is 0 Å². The van der Waals surface area contributed by atoms with Crippen molar-refractivity contribution in [3.05, 3.63) is 23.8 Å². The lowest BCUT2D eigenvalue weighted by Crippen LogP contribution is -2.45. The van der Waals surface area contributed by atoms with E-state index in [0.717, 1.165) is 11.3 Å². The number of rotatable bonds is 6. The van der Waals surface area contributed by atoms with Crippen LogP contribution in [0.25, 0.3) is 0 Å². The number of carbonyl (C=O) groups excluding carboxylic acids is 4. The topological polar surface area (TPSA) is 126 Å². The standard InChI is InChI=1S/C19H24N4O6/c1-3-20-15(24)10-21-16(25)11-23-17(26)19(2,22-18(23)27)12-5-6-13-14(9-12)29-8-4-7-28-13/h5-6,9H,3-4,7-8,10-11H2,1-2H3,(H,20,24)(H,21,25)(H,22,27)/t19-/m0/s1. The molecule has 0 spiro atoms. The molecule has 10 heteroatoms. The number of amides is 5. The van der Waals surface area contributed by atoms with Gasteiger partial charge in [0, 0.05) is 13.0 Å². The molecular weight excluding hydrogens is 380 g/mol. The maximum Gasteiger partial charge on any atom is 0.325 e. The molecule has 1 aromatic rings. The number of imide groups is 1. The second-order valence-electron chi connectivity index (χ2n) is 6.89. The zero-order valence-electron chi connectivity index (χ0n) is 16.4. The zero-order chi connectivity index (χ0) is 21.0. The lowest BCUT2D eigenvalue weighted by atomic mass is 9.91. The van der Waals surface area contributed by atoms with Gasteiger partial charge in [0.2, 0.25) is 11.8 Å². The first-order valence-electron chi connectivity index (χ1n) is 9.42. The normalized spacial score (nSPS) is 20.7. The van der Waals surface area contributed by atoms with Gasteiger partial charge in [0.1, 0.15) is 12.1 Å². The smallest absolute Gasteiger partial charge is 0.325 e. The molecule has 0 aromatic heterocycles. The molecule has 0 unspecified atom stereocenters. The summed E-state index contributed by atoms with van der Waals surface area (Å²) in [5.41, 5.74) is -0.827. The Bertz CT molecular complexity index is 842. The van der Waals surface area contributed by atoms with Gasteiger partial charge in [-0.1, -0.05) is 6.07 Å². The number of likely N-dealkylation sites (N-methyl/N-ethyl adjacent to an activating group) is 1. The van der Waals surface area contributed by atoms with Crippen molar-refractivity contribution in [3.63, 3.8) is 0 Å². The largest absolute Gasteiger partial charge is 0.490 e. The van der Waals surface area contributed by atoms with Crippen LogP contribution in [0, 0.1) is 0 Å². The Morgan fingerprint density at radius 1 is 1.14 bits per heavy atom. The molecule has 1 atom stereocenters. The number of nitrogens with zero attached hydrogens (tertiary/aromatic N) is 1. The molecule has 10 nitrogen and oxygen atoms in total. The number of fused-ring (bicyclic) bond motifs is 1. The van der Waals surface area contributed by atoms with E-state index in [0.29, 0.717) is 36.8 Å². The fourth-order valence-corrected chi connectivity index (χ4v) is 3.15. The van der Waals surface area contributed by atoms with Gasteiger partial charge in [-0.25, -0.2) is 4.79 Å². The monoisotopic (exact) mass is 404 g/mol. The third-order valence-electron chi connectivity index (χ3n) is 4.72. The van der Waals surface area contributed by atoms with Crippen LogP contribution in [-0.2, 0) is 19.9 Å². The number of nitrogens with one attached hydrogen (secondary N) is 3. The minimum Gasteiger partial charge on any atom is -0.490 e. The van der Waals surface area contributed by atoms with E-state index in [9.17, 15) is 19.2 Å². The minimum absolute atomic E-state index is 0.226. The van der Waals surface area contributed by atoms with E-state index in [1.54, 1.807) is 32.0 Å². The van der Waals surface area contributed by atoms with E-state index in [1.807, 2.05) is 0 Å². The lowest BCUT2D eigenvalue weighted by Gasteiger charge is -2.23. The number of hydrogen-bond donors (Lipinski definition) is 3. The molecule has 0 saturated carbocycles. The summed E-state index contributed by atoms with van der Waals surface area (Å²) in [5.74, 6) is -0.447. The number of carbonyl (C=O) groups is 4. The molecule has 3 N–H and O–H groups in total. The van der Waals surface area contributed by atoms with Crippen LogP contribution in [0.1, 0.15) is 25.8 Å². The van der Waals surface area contributed by atoms with E-state index in [1.165, 1.54) is 0 Å². The van der Waals surface area contributed by atoms with Crippen molar-refractivity contribution in [2.24, 2.45) is 0 Å². The number of hydrogen-bond acceptors (Lipinski definition) is 6. The first kappa shape index (κ1) is 20.4. The van der Waals surface area contributed by atoms with Crippen LogP contribution < -0.4 is 25.4 Å². The van der Waals surface area contributed by atoms with E-state index >= 15 is 0 Å². The Balaban J connectivity index is 1.71. The van der Waals surface area contributed by atoms with Gasteiger partial charge >= 0.3 is 6.03 Å². The van der Waals surface area contributed by atoms with Gasteiger partial charge in [0.25, 0.3) is 5.91 Å². The van der Waals surface area contributed by atoms with E-state index < -0.39 is 29.9 Å². The summed E-state index contributed by atoms with van der Waals surface area (Å²) in [6, 6.07) is 4.36. The summed E-state index contributed by atoms with van der Waals surface area (Å²) in [5, 5.41) is 7.57. The van der Waals surface area contributed by atoms with Crippen molar-refractivity contribution in [2.45, 2.75) is 25.8 Å². The summed E-state index contributed by atoms with van der Waals surface area (Å²) >= 11 is 0. The number of urea groups is 1. The van der Waals surface area contributed by atoms with Crippen molar-refractivity contribution in [1.29, 1.82) is 0 Å². The third-order valence-corrected chi connectivity index (χ3v) is 4.72. The van der Waals surface area contributed by atoms with Gasteiger partial charge in [0.15, 0.2) is 11.5 Å². The van der Waals surface area contributed by atoms with Crippen LogP contribution >= 0.6 is 0 Å². The SMILES string of the molecule is CCNC(=O)CNC(=O)CN1C(=O)N[C@@](C)(c2ccc3c(c2)OCCCO3)C1=O. The molecule has 5 amide bonds. The van der Waals surface area contributed by atoms with Crippen molar-refractivity contribution in [2.75, 3.05) is 32.8 Å². The van der Waals surface area contributed by atoms with Gasteiger partial charge in [-0.05, 0) is 31.5 Å². The summed E-state index contributed by atoms with van der Waals surface area (Å²) in [6.07, 6.45) is 0.746. The van der Waals surface area contributed by atoms with Crippen molar-refractivity contribution >= 4 is 23.8 Å². The second-order valence-corrected chi connectivity index (χ2v) is 6.89. The Labute approximate surface area is 167 Å². The van der Waals surface area contributed by atoms with Crippen molar-refractivity contribution in [3.8, 4) is 11.5 Å². The Hall–Kier alpha value is -3.30. The van der Waals surface area contributed by atoms with Crippen molar-refractivity contribution < 1.29 is 28.7 Å². The van der Waals surface area contributed by atoms with E-state index in [-0.39, 0.29) is 12.5 Å². The molecule has 156 valence electrons. The van der Waals surface area contributed by atoms with Gasteiger partial charge in [-0.2, -0.15) is 0 Å². The van der Waals surface area contributed by atoms with Crippen LogP contribution in [0.15, 0.2) is 18.2 Å². The lowest BCUT2D eigenvalue weighted by molar-refractivity contribution is -0.135. The molecule has 1 aromatic carbocycles. The highest BCUT2D eigenvalue weighted by molar-refractivity contribution is 6.09. The predicted molar refractivity (Wildman–Crippen MR) is 101 cm³/mol. The van der Waals surface area contributed by atoms with Crippen LogP contribution in [0.4, 0.5) is 4.79 Å². The van der Waals surface area contributed by atoms with Crippen molar-refractivity contribution in [1.82, 2.24) is 20.9 Å². The van der Waals surface area contributed by atoms with Crippen LogP contribution in [-0.4, -0.2) is 61.5 Å². The van der Waals surface area contributed by atoms with Gasteiger partial charge < -0.3 is 25.4 Å². The summed E-state index contributed by atoms with van der Waals surface area (Å²) in [7, 11) is 0. The minimum atomic E-state index is -1.35. The molecule has 2 aliphatic heterocycles. The maximum absolute atomic E-state index is 13.0. The molecule has 0 radical (unpaired) electrons. The molecule has 3 rings (SSSR count). The summed E-state index contributed by atoms with van der Waals surface area (Å²) in [6.45, 7) is 4.09. The molecule has 0 bridgehead atoms. The Morgan fingerprint density at radius 3 is 2.59 bits per heavy atom. The fraction of sp³-hybridized carbons (Fsp3) is 0.474. The Kier molecular flexibility index (Phi) is 5.90. The van der Waals surface area contributed by atoms with E-state index in [4.69, 9.17) is 9.47 Å². The Morgan fingerprint density at radius 2 is 1.86 bits per heavy atom. The first-order chi connectivity index (χ1) is 13.8. The molecule has 1 fully saturated rings. The highest BCUT2D eigenvalue weighted by Crippen LogP contribution is 2.36. The predicted octanol–water partition coefficient (Wildman–Crippen LogP) is -0.133. The average Bonchev–Trinajstić information content (AvgIpc) is 2.86. The molecular formula is C19H24N4O6. The molecule has 2 heterocycles. The van der Waals surface area contributed by atoms with E-state index in [2.05, 4.69) is 16.0 Å². The average molecular weight is 404 g/mol. The maximum atomic E-state index is 13.0. The van der Waals surface area contributed by atoms with Gasteiger partial charge in [0.05, 0.1) is 19.8 Å². The highest BCUT2D eigenvalue weighted by Gasteiger charge is 2.49. The quantitative estimate of drug-likeness (QED) is 0.567. The van der Waals surface area contributed by atoms with Crippen LogP contribution in [0.2, 0.25) is 0 Å². The number of ether oxygens (including phenoxy) is 2. The molecule has 0 aliphatic carbocycles. The molecule has 2 aliphatic rings. The second kappa shape index (κ2) is 8.38. The highest BCUT2D eigenvalue weighted by atomic mass is 16.5. The zero-order valence-corrected chi connectivity index (χ0v) is 16.4. The molecule has 29 heavy (non-hydrogen) atoms. The fourth-order valence-electron chi connectivity index (χ4n) is 3.15. The molecule has 1 saturated heterocycles. The van der Waals surface area contributed by atoms with Gasteiger partial charge in [-0.15, -0.1) is 0 Å². The summed E-state index contributed by atoms with van der Waals surface area (Å²) < 4.78 is 11.2. The van der Waals surface area contributed by atoms with Crippen LogP contribution in [0.5, 0.6) is 11.5 Å². The van der Waals surface area contributed by atoms with Gasteiger partial charge in [-0.3, -0.25) is 19.3 Å².